The van der Waals surface area contributed by atoms with Crippen molar-refractivity contribution < 1.29 is 34.2 Å². The molecule has 2 amide bonds. The Kier molecular flexibility index (Phi) is 7.76. The number of nitrogens with one attached hydrogen (secondary N) is 1. The van der Waals surface area contributed by atoms with Crippen LogP contribution >= 0.6 is 0 Å². The molecule has 10 heteroatoms. The Bertz CT molecular complexity index is 1070. The summed E-state index contributed by atoms with van der Waals surface area (Å²) >= 11 is 0. The third kappa shape index (κ3) is 4.87. The van der Waals surface area contributed by atoms with Gasteiger partial charge in [-0.15, -0.1) is 0 Å². The van der Waals surface area contributed by atoms with Crippen molar-refractivity contribution in [3.8, 4) is 0 Å². The molecule has 0 bridgehead atoms. The molecule has 0 aromatic rings. The Morgan fingerprint density at radius 1 is 1.13 bits per heavy atom. The fourth-order valence-electron chi connectivity index (χ4n) is 8.19. The Morgan fingerprint density at radius 3 is 2.50 bits per heavy atom. The fraction of sp³-hybridized carbons (Fsp3) is 0.750. The number of amides is 2. The molecular weight excluding hydrogens is 490 g/mol. The van der Waals surface area contributed by atoms with Crippen LogP contribution < -0.4 is 11.1 Å². The molecular formula is C28H41N3O7. The van der Waals surface area contributed by atoms with Crippen molar-refractivity contribution in [2.75, 3.05) is 6.61 Å². The molecule has 38 heavy (non-hydrogen) atoms. The highest BCUT2D eigenvalue weighted by molar-refractivity contribution is 5.96. The van der Waals surface area contributed by atoms with Crippen molar-refractivity contribution >= 4 is 29.3 Å². The molecule has 0 saturated heterocycles. The van der Waals surface area contributed by atoms with Gasteiger partial charge in [0.15, 0.2) is 12.4 Å². The lowest BCUT2D eigenvalue weighted by atomic mass is 9.46. The quantitative estimate of drug-likeness (QED) is 0.331. The molecule has 0 heterocycles. The summed E-state index contributed by atoms with van der Waals surface area (Å²) in [6.07, 6.45) is 8.75. The van der Waals surface area contributed by atoms with Gasteiger partial charge in [0.05, 0.1) is 5.71 Å². The van der Waals surface area contributed by atoms with Crippen molar-refractivity contribution in [2.24, 2.45) is 39.5 Å². The van der Waals surface area contributed by atoms with E-state index in [1.807, 2.05) is 0 Å². The molecule has 4 unspecified atom stereocenters. The van der Waals surface area contributed by atoms with Gasteiger partial charge in [0.25, 0.3) is 5.91 Å². The molecule has 4 rings (SSSR count). The number of Topliss-reactive ketones (excluding diaryl/α,β-unsaturated/α-hetero) is 1. The van der Waals surface area contributed by atoms with Gasteiger partial charge in [-0.05, 0) is 94.0 Å². The third-order valence-electron chi connectivity index (χ3n) is 10.4. The van der Waals surface area contributed by atoms with E-state index in [-0.39, 0.29) is 29.5 Å². The molecule has 0 radical (unpaired) electrons. The predicted molar refractivity (Wildman–Crippen MR) is 139 cm³/mol. The third-order valence-corrected chi connectivity index (χ3v) is 10.4. The molecule has 5 N–H and O–H groups in total. The maximum absolute atomic E-state index is 12.4. The average Bonchev–Trinajstić information content (AvgIpc) is 3.13. The molecule has 0 aromatic carbocycles. The molecule has 0 aromatic heterocycles. The Labute approximate surface area is 223 Å². The van der Waals surface area contributed by atoms with Crippen molar-refractivity contribution in [1.82, 2.24) is 5.32 Å². The predicted octanol–water partition coefficient (Wildman–Crippen LogP) is 2.48. The average molecular weight is 532 g/mol. The number of carbonyl (C=O) groups is 4. The van der Waals surface area contributed by atoms with Gasteiger partial charge in [-0.3, -0.25) is 14.4 Å². The lowest BCUT2D eigenvalue weighted by Gasteiger charge is -2.59. The smallest absolute Gasteiger partial charge is 0.326 e. The monoisotopic (exact) mass is 531 g/mol. The number of hydrogen-bond acceptors (Lipinski definition) is 7. The fourth-order valence-corrected chi connectivity index (χ4v) is 8.19. The van der Waals surface area contributed by atoms with Crippen molar-refractivity contribution in [1.29, 1.82) is 0 Å². The number of carboxylic acid groups (broad SMARTS) is 1. The lowest BCUT2D eigenvalue weighted by Crippen LogP contribution is -2.57. The number of carbonyl (C=O) groups excluding carboxylic acids is 3. The molecule has 4 aliphatic rings. The number of primary amides is 1. The van der Waals surface area contributed by atoms with E-state index in [4.69, 9.17) is 10.6 Å². The number of oxime groups is 1. The molecule has 0 spiro atoms. The maximum atomic E-state index is 12.4. The number of aliphatic carboxylic acids is 1. The summed E-state index contributed by atoms with van der Waals surface area (Å²) in [6, 6.07) is -1.22. The standard InChI is InChI=1S/C28H41N3O7/c1-16(32)28(37)13-10-21-19-5-4-17-14-18(8-11-26(17,2)20(19)9-12-27(21,28)3)31-38-15-24(34)30-22(25(35)36)6-7-23(29)33/h14,19-22,37H,4-13,15H2,1-3H3,(H2,29,33)(H,30,34)(H,35,36)/b31-18+/t19?,20?,21?,22?,26-,27-,28-/m0/s1. The van der Waals surface area contributed by atoms with E-state index in [1.54, 1.807) is 0 Å². The van der Waals surface area contributed by atoms with E-state index in [9.17, 15) is 29.4 Å². The first-order valence-corrected chi connectivity index (χ1v) is 13.8. The van der Waals surface area contributed by atoms with E-state index >= 15 is 0 Å². The minimum absolute atomic E-state index is 0.0344. The zero-order valence-electron chi connectivity index (χ0n) is 22.6. The number of rotatable bonds is 9. The number of allylic oxidation sites excluding steroid dienone is 2. The van der Waals surface area contributed by atoms with E-state index in [1.165, 1.54) is 12.5 Å². The van der Waals surface area contributed by atoms with Crippen LogP contribution in [0.5, 0.6) is 0 Å². The zero-order chi connectivity index (χ0) is 27.9. The van der Waals surface area contributed by atoms with Crippen molar-refractivity contribution in [2.45, 2.75) is 96.6 Å². The van der Waals surface area contributed by atoms with Crippen molar-refractivity contribution in [3.63, 3.8) is 0 Å². The minimum atomic E-state index is -1.25. The Hall–Kier alpha value is -2.75. The molecule has 0 aliphatic heterocycles. The maximum Gasteiger partial charge on any atom is 0.326 e. The van der Waals surface area contributed by atoms with Crippen LogP contribution in [0.4, 0.5) is 0 Å². The summed E-state index contributed by atoms with van der Waals surface area (Å²) < 4.78 is 0. The molecule has 4 aliphatic carbocycles. The van der Waals surface area contributed by atoms with E-state index in [2.05, 4.69) is 30.4 Å². The van der Waals surface area contributed by atoms with Gasteiger partial charge in [0.2, 0.25) is 5.91 Å². The first-order chi connectivity index (χ1) is 17.8. The summed E-state index contributed by atoms with van der Waals surface area (Å²) in [5, 5.41) is 27.0. The highest BCUT2D eigenvalue weighted by Crippen LogP contribution is 2.67. The minimum Gasteiger partial charge on any atom is -0.480 e. The van der Waals surface area contributed by atoms with Crippen LogP contribution in [-0.2, 0) is 24.0 Å². The first-order valence-electron chi connectivity index (χ1n) is 13.8. The van der Waals surface area contributed by atoms with Gasteiger partial charge in [-0.2, -0.15) is 0 Å². The van der Waals surface area contributed by atoms with Crippen LogP contribution in [0.2, 0.25) is 0 Å². The van der Waals surface area contributed by atoms with Crippen LogP contribution in [0.25, 0.3) is 0 Å². The number of aliphatic hydroxyl groups is 1. The lowest BCUT2D eigenvalue weighted by molar-refractivity contribution is -0.159. The summed E-state index contributed by atoms with van der Waals surface area (Å²) in [7, 11) is 0. The van der Waals surface area contributed by atoms with Crippen LogP contribution in [0.1, 0.15) is 85.0 Å². The van der Waals surface area contributed by atoms with E-state index in [0.29, 0.717) is 30.6 Å². The van der Waals surface area contributed by atoms with Crippen LogP contribution in [-0.4, -0.2) is 57.7 Å². The summed E-state index contributed by atoms with van der Waals surface area (Å²) in [5.74, 6) is -1.28. The highest BCUT2D eigenvalue weighted by Gasteiger charge is 2.65. The summed E-state index contributed by atoms with van der Waals surface area (Å²) in [5.41, 5.74) is 5.64. The second kappa shape index (κ2) is 10.4. The molecule has 3 saturated carbocycles. The number of carboxylic acids is 1. The zero-order valence-corrected chi connectivity index (χ0v) is 22.6. The SMILES string of the molecule is CC(=O)[C@@]1(O)CCC2C3CCC4=C/C(=N/OCC(=O)NC(CCC(N)=O)C(=O)O)CC[C@]4(C)C3CC[C@@]21C. The molecule has 10 nitrogen and oxygen atoms in total. The second-order valence-electron chi connectivity index (χ2n) is 12.2. The van der Waals surface area contributed by atoms with Gasteiger partial charge < -0.3 is 26.1 Å². The summed E-state index contributed by atoms with van der Waals surface area (Å²) in [6.45, 7) is 5.58. The Balaban J connectivity index is 1.38. The number of nitrogens with two attached hydrogens (primary N) is 1. The number of ketones is 1. The number of fused-ring (bicyclic) bond motifs is 5. The first kappa shape index (κ1) is 28.3. The largest absolute Gasteiger partial charge is 0.480 e. The van der Waals surface area contributed by atoms with Gasteiger partial charge in [0, 0.05) is 11.8 Å². The second-order valence-corrected chi connectivity index (χ2v) is 12.2. The normalized spacial score (nSPS) is 37.7. The van der Waals surface area contributed by atoms with Crippen LogP contribution in [0, 0.1) is 28.6 Å². The van der Waals surface area contributed by atoms with Crippen LogP contribution in [0.3, 0.4) is 0 Å². The molecule has 7 atom stereocenters. The Morgan fingerprint density at radius 2 is 1.84 bits per heavy atom. The van der Waals surface area contributed by atoms with Gasteiger partial charge in [-0.25, -0.2) is 4.79 Å². The molecule has 210 valence electrons. The number of nitrogens with zero attached hydrogens (tertiary/aromatic N) is 1. The van der Waals surface area contributed by atoms with Gasteiger partial charge in [0.1, 0.15) is 11.6 Å². The number of hydrogen-bond donors (Lipinski definition) is 4. The van der Waals surface area contributed by atoms with Crippen molar-refractivity contribution in [3.05, 3.63) is 11.6 Å². The summed E-state index contributed by atoms with van der Waals surface area (Å²) in [4.78, 5) is 52.1. The molecule has 3 fully saturated rings. The topological polar surface area (TPSA) is 168 Å². The van der Waals surface area contributed by atoms with Gasteiger partial charge in [-0.1, -0.05) is 24.6 Å². The highest BCUT2D eigenvalue weighted by atomic mass is 16.6. The van der Waals surface area contributed by atoms with E-state index in [0.717, 1.165) is 44.2 Å². The van der Waals surface area contributed by atoms with Crippen LogP contribution in [0.15, 0.2) is 16.8 Å². The van der Waals surface area contributed by atoms with Gasteiger partial charge >= 0.3 is 5.97 Å². The van der Waals surface area contributed by atoms with E-state index < -0.39 is 36.0 Å².